The van der Waals surface area contributed by atoms with Crippen molar-refractivity contribution >= 4 is 45.9 Å². The van der Waals surface area contributed by atoms with Gasteiger partial charge >= 0.3 is 12.1 Å². The average molecular weight is 307 g/mol. The van der Waals surface area contributed by atoms with Crippen LogP contribution < -0.4 is 5.32 Å². The number of nitrogens with zero attached hydrogens (tertiary/aromatic N) is 1. The fraction of sp³-hybridized carbons (Fsp3) is 0.400. The minimum absolute atomic E-state index is 0.0103. The number of ketones is 1. The molecule has 1 amide bonds. The van der Waals surface area contributed by atoms with Crippen LogP contribution in [0.15, 0.2) is 0 Å². The number of carboxylic acid groups (broad SMARTS) is 1. The van der Waals surface area contributed by atoms with Crippen molar-refractivity contribution in [1.29, 1.82) is 0 Å². The minimum atomic E-state index is -1.67. The fourth-order valence-corrected chi connectivity index (χ4v) is 2.01. The number of anilines is 1. The summed E-state index contributed by atoms with van der Waals surface area (Å²) in [7, 11) is 0. The van der Waals surface area contributed by atoms with E-state index in [2.05, 4.69) is 10.3 Å². The van der Waals surface area contributed by atoms with Gasteiger partial charge in [-0.15, -0.1) is 0 Å². The summed E-state index contributed by atoms with van der Waals surface area (Å²) in [6.07, 6.45) is -0.771. The summed E-state index contributed by atoms with van der Waals surface area (Å²) in [5.74, 6) is -2.91. The second kappa shape index (κ2) is 5.54. The Morgan fingerprint density at radius 2 is 1.95 bits per heavy atom. The number of hydrogen-bond donors (Lipinski definition) is 2. The number of carbonyl (C=O) groups excluding carboxylic acids is 2. The second-order valence-electron chi connectivity index (χ2n) is 4.40. The number of aromatic nitrogens is 1. The van der Waals surface area contributed by atoms with E-state index < -0.39 is 29.1 Å². The number of rotatable bonds is 3. The molecule has 0 radical (unpaired) electrons. The van der Waals surface area contributed by atoms with E-state index in [0.717, 1.165) is 11.3 Å². The third kappa shape index (κ3) is 4.49. The van der Waals surface area contributed by atoms with E-state index in [1.54, 1.807) is 20.8 Å². The maximum absolute atomic E-state index is 11.4. The molecule has 0 unspecified atom stereocenters. The van der Waals surface area contributed by atoms with Crippen molar-refractivity contribution in [2.75, 3.05) is 5.32 Å². The summed E-state index contributed by atoms with van der Waals surface area (Å²) in [6, 6.07) is 0. The Balaban J connectivity index is 2.82. The lowest BCUT2D eigenvalue weighted by Gasteiger charge is -2.18. The number of carbonyl (C=O) groups is 3. The molecule has 1 heterocycles. The molecule has 19 heavy (non-hydrogen) atoms. The average Bonchev–Trinajstić information content (AvgIpc) is 2.54. The molecule has 1 aromatic rings. The second-order valence-corrected chi connectivity index (χ2v) is 6.00. The van der Waals surface area contributed by atoms with Crippen LogP contribution >= 0.6 is 22.9 Å². The fourth-order valence-electron chi connectivity index (χ4n) is 0.987. The molecule has 7 nitrogen and oxygen atoms in total. The predicted molar refractivity (Wildman–Crippen MR) is 68.9 cm³/mol. The number of amides is 1. The smallest absolute Gasteiger partial charge is 0.413 e. The highest BCUT2D eigenvalue weighted by Crippen LogP contribution is 2.28. The Bertz CT molecular complexity index is 535. The van der Waals surface area contributed by atoms with Gasteiger partial charge in [-0.25, -0.2) is 14.6 Å². The van der Waals surface area contributed by atoms with Gasteiger partial charge in [-0.2, -0.15) is 0 Å². The first-order valence-electron chi connectivity index (χ1n) is 5.04. The van der Waals surface area contributed by atoms with Gasteiger partial charge < -0.3 is 9.84 Å². The first-order chi connectivity index (χ1) is 8.60. The van der Waals surface area contributed by atoms with Crippen LogP contribution in [0.3, 0.4) is 0 Å². The summed E-state index contributed by atoms with van der Waals surface area (Å²) in [5, 5.41) is 10.8. The molecule has 0 spiro atoms. The van der Waals surface area contributed by atoms with Crippen molar-refractivity contribution in [3.63, 3.8) is 0 Å². The van der Waals surface area contributed by atoms with E-state index in [1.165, 1.54) is 0 Å². The summed E-state index contributed by atoms with van der Waals surface area (Å²) in [6.45, 7) is 5.04. The molecule has 0 atom stereocenters. The molecule has 0 aliphatic rings. The van der Waals surface area contributed by atoms with Crippen LogP contribution in [-0.4, -0.2) is 33.5 Å². The number of nitrogens with one attached hydrogen (secondary N) is 1. The molecule has 1 rings (SSSR count). The van der Waals surface area contributed by atoms with E-state index in [0.29, 0.717) is 0 Å². The zero-order chi connectivity index (χ0) is 14.8. The lowest BCUT2D eigenvalue weighted by Crippen LogP contribution is -2.27. The SMILES string of the molecule is CC(C)(C)OC(=O)Nc1nc(C(=O)C(=O)O)c(Cl)s1. The van der Waals surface area contributed by atoms with Crippen molar-refractivity contribution in [1.82, 2.24) is 4.98 Å². The first kappa shape index (κ1) is 15.4. The van der Waals surface area contributed by atoms with Crippen LogP contribution in [-0.2, 0) is 9.53 Å². The molecule has 104 valence electrons. The number of Topliss-reactive ketones (excluding diaryl/α,β-unsaturated/α-hetero) is 1. The molecule has 0 aromatic carbocycles. The van der Waals surface area contributed by atoms with Gasteiger partial charge in [-0.05, 0) is 20.8 Å². The third-order valence-corrected chi connectivity index (χ3v) is 2.77. The highest BCUT2D eigenvalue weighted by Gasteiger charge is 2.24. The normalized spacial score (nSPS) is 10.9. The molecular formula is C10H11ClN2O5S. The standard InChI is InChI=1S/C10H11ClN2O5S/c1-10(2,3)18-9(17)13-8-12-4(6(11)19-8)5(14)7(15)16/h1-3H3,(H,15,16)(H,12,13,17). The number of hydrogen-bond acceptors (Lipinski definition) is 6. The minimum Gasteiger partial charge on any atom is -0.475 e. The largest absolute Gasteiger partial charge is 0.475 e. The Kier molecular flexibility index (Phi) is 4.48. The summed E-state index contributed by atoms with van der Waals surface area (Å²) < 4.78 is 4.86. The maximum atomic E-state index is 11.4. The third-order valence-electron chi connectivity index (χ3n) is 1.60. The van der Waals surface area contributed by atoms with Crippen molar-refractivity contribution in [2.45, 2.75) is 26.4 Å². The number of thiazole rings is 1. The van der Waals surface area contributed by atoms with E-state index in [1.807, 2.05) is 0 Å². The van der Waals surface area contributed by atoms with Crippen LogP contribution in [0.25, 0.3) is 0 Å². The van der Waals surface area contributed by atoms with Crippen molar-refractivity contribution in [3.8, 4) is 0 Å². The van der Waals surface area contributed by atoms with Crippen LogP contribution in [0.4, 0.5) is 9.93 Å². The van der Waals surface area contributed by atoms with Crippen molar-refractivity contribution in [3.05, 3.63) is 10.0 Å². The van der Waals surface area contributed by atoms with Gasteiger partial charge in [0.1, 0.15) is 9.94 Å². The first-order valence-corrected chi connectivity index (χ1v) is 6.23. The maximum Gasteiger partial charge on any atom is 0.413 e. The van der Waals surface area contributed by atoms with Gasteiger partial charge in [0.05, 0.1) is 0 Å². The Morgan fingerprint density at radius 1 is 1.37 bits per heavy atom. The van der Waals surface area contributed by atoms with Gasteiger partial charge in [0.25, 0.3) is 5.78 Å². The number of carboxylic acids is 1. The summed E-state index contributed by atoms with van der Waals surface area (Å²) >= 11 is 6.45. The highest BCUT2D eigenvalue weighted by atomic mass is 35.5. The zero-order valence-electron chi connectivity index (χ0n) is 10.3. The number of halogens is 1. The molecule has 0 fully saturated rings. The molecule has 0 saturated heterocycles. The van der Waals surface area contributed by atoms with Gasteiger partial charge in [0.15, 0.2) is 10.8 Å². The zero-order valence-corrected chi connectivity index (χ0v) is 11.9. The highest BCUT2D eigenvalue weighted by molar-refractivity contribution is 7.20. The lowest BCUT2D eigenvalue weighted by atomic mass is 10.2. The van der Waals surface area contributed by atoms with E-state index in [9.17, 15) is 14.4 Å². The molecule has 9 heteroatoms. The van der Waals surface area contributed by atoms with Gasteiger partial charge in [-0.3, -0.25) is 10.1 Å². The molecule has 2 N–H and O–H groups in total. The van der Waals surface area contributed by atoms with Crippen LogP contribution in [0.2, 0.25) is 4.34 Å². The van der Waals surface area contributed by atoms with Gasteiger partial charge in [0, 0.05) is 0 Å². The predicted octanol–water partition coefficient (Wildman–Crippen LogP) is 2.41. The monoisotopic (exact) mass is 306 g/mol. The number of aliphatic carboxylic acids is 1. The van der Waals surface area contributed by atoms with Gasteiger partial charge in [0.2, 0.25) is 0 Å². The molecule has 0 saturated carbocycles. The van der Waals surface area contributed by atoms with Crippen LogP contribution in [0.5, 0.6) is 0 Å². The summed E-state index contributed by atoms with van der Waals surface area (Å²) in [5.41, 5.74) is -1.10. The molecule has 0 bridgehead atoms. The van der Waals surface area contributed by atoms with Crippen molar-refractivity contribution < 1.29 is 24.2 Å². The van der Waals surface area contributed by atoms with Crippen LogP contribution in [0.1, 0.15) is 31.3 Å². The topological polar surface area (TPSA) is 106 Å². The van der Waals surface area contributed by atoms with E-state index in [4.69, 9.17) is 21.4 Å². The molecule has 0 aliphatic heterocycles. The molecular weight excluding hydrogens is 296 g/mol. The summed E-state index contributed by atoms with van der Waals surface area (Å²) in [4.78, 5) is 36.8. The number of ether oxygens (including phenoxy) is 1. The van der Waals surface area contributed by atoms with Crippen LogP contribution in [0, 0.1) is 0 Å². The quantitative estimate of drug-likeness (QED) is 0.656. The van der Waals surface area contributed by atoms with E-state index >= 15 is 0 Å². The van der Waals surface area contributed by atoms with Crippen molar-refractivity contribution in [2.24, 2.45) is 0 Å². The van der Waals surface area contributed by atoms with Gasteiger partial charge in [-0.1, -0.05) is 22.9 Å². The Labute approximate surface area is 117 Å². The molecule has 1 aromatic heterocycles. The molecule has 0 aliphatic carbocycles. The van der Waals surface area contributed by atoms with E-state index in [-0.39, 0.29) is 9.47 Å². The Hall–Kier alpha value is -1.67. The Morgan fingerprint density at radius 3 is 2.42 bits per heavy atom. The lowest BCUT2D eigenvalue weighted by molar-refractivity contribution is -0.131.